The first-order valence-electron chi connectivity index (χ1n) is 0. The number of hydrogen-bond donors (Lipinski definition) is 0. The van der Waals surface area contributed by atoms with E-state index < -0.39 is 0 Å². The van der Waals surface area contributed by atoms with Crippen LogP contribution in [0.4, 0.5) is 0 Å². The molecule has 0 N–H and O–H groups in total. The fourth-order valence-electron chi connectivity index (χ4n) is 0. The Hall–Kier alpha value is 2.26. The molecule has 0 aliphatic rings. The normalized spacial score (nSPS) is 0. The topological polar surface area (TPSA) is 0 Å². The second kappa shape index (κ2) is 18.7. The van der Waals surface area contributed by atoms with Gasteiger partial charge in [-0.05, 0) is 0 Å². The van der Waals surface area contributed by atoms with Crippen molar-refractivity contribution < 1.29 is 0 Å². The molecule has 0 aromatic heterocycles. The van der Waals surface area contributed by atoms with E-state index in [1.807, 2.05) is 0 Å². The zero-order valence-electron chi connectivity index (χ0n) is 2.62. The second-order valence-electron chi connectivity index (χ2n) is 0. The van der Waals surface area contributed by atoms with Crippen LogP contribution >= 0.6 is 23.4 Å². The summed E-state index contributed by atoms with van der Waals surface area (Å²) in [4.78, 5) is 0. The summed E-state index contributed by atoms with van der Waals surface area (Å²) in [6, 6.07) is 0. The Balaban J connectivity index is 0. The summed E-state index contributed by atoms with van der Waals surface area (Å²) in [7, 11) is 0. The average Bonchev–Trinajstić information content (AvgIpc) is 0. The zero-order valence-corrected chi connectivity index (χ0v) is 13.5. The third-order valence-corrected chi connectivity index (χ3v) is 0. The first-order valence-corrected chi connectivity index (χ1v) is 0. The van der Waals surface area contributed by atoms with Gasteiger partial charge in [-0.2, -0.15) is 23.4 Å². The molecule has 0 saturated carbocycles. The first kappa shape index (κ1) is 33.9. The molecule has 0 aliphatic carbocycles. The van der Waals surface area contributed by atoms with E-state index in [0.717, 1.165) is 0 Å². The molecule has 2 radical (unpaired) electrons. The molecule has 0 aliphatic heterocycles. The molecule has 0 spiro atoms. The van der Waals surface area contributed by atoms with Gasteiger partial charge in [-0.15, -0.1) is 0 Å². The van der Waals surface area contributed by atoms with Gasteiger partial charge < -0.3 is 0 Å². The molecule has 2 atom stereocenters. The van der Waals surface area contributed by atoms with Gasteiger partial charge in [0.25, 0.3) is 0 Å². The van der Waals surface area contributed by atoms with Crippen LogP contribution in [0.1, 0.15) is 0 Å². The van der Waals surface area contributed by atoms with Crippen LogP contribution < -0.4 is 0 Å². The molecule has 0 amide bonds. The number of rotatable bonds is 0. The third kappa shape index (κ3) is 8.86. The van der Waals surface area contributed by atoms with E-state index in [-0.39, 0.29) is 68.6 Å². The monoisotopic (exact) mass is 356 g/mol. The predicted molar refractivity (Wildman–Crippen MR) is 40.0 cm³/mol. The molecule has 30 valence electrons. The summed E-state index contributed by atoms with van der Waals surface area (Å²) in [5.74, 6) is 0. The zero-order chi connectivity index (χ0) is 0. The van der Waals surface area contributed by atoms with Gasteiger partial charge in [-0.25, -0.2) is 0 Å². The Morgan fingerprint density at radius 3 is 1.00 bits per heavy atom. The molecule has 0 bridgehead atoms. The van der Waals surface area contributed by atoms with Crippen LogP contribution in [0.5, 0.6) is 0 Å². The average molecular weight is 355 g/mol. The minimum atomic E-state index is 0. The first-order chi connectivity index (χ1) is 0. The molecule has 4 heteroatoms. The van der Waals surface area contributed by atoms with E-state index in [9.17, 15) is 0 Å². The summed E-state index contributed by atoms with van der Waals surface area (Å²) in [6.07, 6.45) is 0. The van der Waals surface area contributed by atoms with Crippen molar-refractivity contribution in [3.05, 3.63) is 0 Å². The van der Waals surface area contributed by atoms with E-state index in [1.165, 1.54) is 0 Å². The van der Waals surface area contributed by atoms with Gasteiger partial charge >= 0.3 is 45.3 Å². The Morgan fingerprint density at radius 1 is 1.00 bits per heavy atom. The van der Waals surface area contributed by atoms with Crippen LogP contribution in [0.2, 0.25) is 0 Å². The summed E-state index contributed by atoms with van der Waals surface area (Å²) in [5, 5.41) is 0. The van der Waals surface area contributed by atoms with Crippen molar-refractivity contribution in [3.8, 4) is 0 Å². The SMILES string of the molecule is P.S.[AsH3].[PbH2]. The van der Waals surface area contributed by atoms with Crippen molar-refractivity contribution >= 4 is 68.6 Å². The van der Waals surface area contributed by atoms with E-state index in [0.29, 0.717) is 0 Å². The maximum absolute atomic E-state index is 0. The Morgan fingerprint density at radius 2 is 1.00 bits per heavy atom. The van der Waals surface area contributed by atoms with Crippen LogP contribution in [0.3, 0.4) is 0 Å². The van der Waals surface area contributed by atoms with Gasteiger partial charge in [0.2, 0.25) is 0 Å². The van der Waals surface area contributed by atoms with Gasteiger partial charge in [0.05, 0.1) is 0 Å². The fourth-order valence-corrected chi connectivity index (χ4v) is 0. The van der Waals surface area contributed by atoms with Crippen LogP contribution in [0.25, 0.3) is 0 Å². The van der Waals surface area contributed by atoms with E-state index in [2.05, 4.69) is 0 Å². The maximum atomic E-state index is 0. The Bertz CT molecular complexity index is 8.00. The Labute approximate surface area is 68.0 Å². The van der Waals surface area contributed by atoms with E-state index in [1.54, 1.807) is 0 Å². The molecule has 0 saturated heterocycles. The Kier molecular flexibility index (Phi) is 158. The molecule has 2 unspecified atom stereocenters. The van der Waals surface area contributed by atoms with E-state index in [4.69, 9.17) is 0 Å². The molecular formula is H10AsPPbS. The second-order valence-corrected chi connectivity index (χ2v) is 0. The summed E-state index contributed by atoms with van der Waals surface area (Å²) in [6.45, 7) is 0. The van der Waals surface area contributed by atoms with Gasteiger partial charge in [0, 0.05) is 0 Å². The van der Waals surface area contributed by atoms with Crippen LogP contribution in [0, 0.1) is 0 Å². The van der Waals surface area contributed by atoms with Gasteiger partial charge in [0.1, 0.15) is 0 Å². The van der Waals surface area contributed by atoms with Crippen LogP contribution in [-0.4, -0.2) is 45.3 Å². The van der Waals surface area contributed by atoms with Crippen LogP contribution in [-0.2, 0) is 0 Å². The molecule has 0 heterocycles. The van der Waals surface area contributed by atoms with E-state index >= 15 is 0 Å². The fraction of sp³-hybridized carbons (Fsp3) is 0. The van der Waals surface area contributed by atoms with Crippen molar-refractivity contribution in [1.29, 1.82) is 0 Å². The van der Waals surface area contributed by atoms with Crippen molar-refractivity contribution in [2.75, 3.05) is 0 Å². The summed E-state index contributed by atoms with van der Waals surface area (Å²) < 4.78 is 0. The predicted octanol–water partition coefficient (Wildman–Crippen LogP) is -1.93. The minimum absolute atomic E-state index is 0. The third-order valence-electron chi connectivity index (χ3n) is 0. The molecule has 0 aromatic rings. The summed E-state index contributed by atoms with van der Waals surface area (Å²) >= 11 is 0. The molecule has 0 fully saturated rings. The number of hydrogen-bond acceptors (Lipinski definition) is 0. The molecule has 0 rings (SSSR count). The van der Waals surface area contributed by atoms with Crippen molar-refractivity contribution in [1.82, 2.24) is 0 Å². The van der Waals surface area contributed by atoms with Crippen molar-refractivity contribution in [2.24, 2.45) is 0 Å². The molecule has 0 nitrogen and oxygen atoms in total. The van der Waals surface area contributed by atoms with Gasteiger partial charge in [-0.3, -0.25) is 0 Å². The standard InChI is InChI=1S/AsH3.H3P.Pb.H2S.2H/h2*1H3;;1H2;;. The van der Waals surface area contributed by atoms with Crippen molar-refractivity contribution in [3.63, 3.8) is 0 Å². The summed E-state index contributed by atoms with van der Waals surface area (Å²) in [5.41, 5.74) is 0. The molecule has 4 heavy (non-hydrogen) atoms. The quantitative estimate of drug-likeness (QED) is 0.351. The van der Waals surface area contributed by atoms with Gasteiger partial charge in [-0.1, -0.05) is 0 Å². The van der Waals surface area contributed by atoms with Crippen molar-refractivity contribution in [2.45, 2.75) is 0 Å². The van der Waals surface area contributed by atoms with Crippen LogP contribution in [0.15, 0.2) is 0 Å². The molecule has 0 aromatic carbocycles. The molecular weight excluding hydrogens is 345 g/mol. The van der Waals surface area contributed by atoms with Gasteiger partial charge in [0.15, 0.2) is 0 Å².